The Kier molecular flexibility index (Phi) is 4.70. The summed E-state index contributed by atoms with van der Waals surface area (Å²) in [7, 11) is 3.17. The van der Waals surface area contributed by atoms with Gasteiger partial charge in [0.2, 0.25) is 5.91 Å². The van der Waals surface area contributed by atoms with Crippen molar-refractivity contribution in [3.8, 4) is 11.5 Å². The van der Waals surface area contributed by atoms with Gasteiger partial charge in [0.25, 0.3) is 0 Å². The van der Waals surface area contributed by atoms with E-state index >= 15 is 0 Å². The van der Waals surface area contributed by atoms with E-state index in [1.165, 1.54) is 11.0 Å². The highest BCUT2D eigenvalue weighted by Crippen LogP contribution is 2.29. The molecule has 0 saturated heterocycles. The van der Waals surface area contributed by atoms with E-state index < -0.39 is 0 Å². The fourth-order valence-corrected chi connectivity index (χ4v) is 1.94. The van der Waals surface area contributed by atoms with E-state index in [0.717, 1.165) is 5.56 Å². The Morgan fingerprint density at radius 2 is 2.19 bits per heavy atom. The number of rotatable bonds is 6. The van der Waals surface area contributed by atoms with Gasteiger partial charge >= 0.3 is 0 Å². The van der Waals surface area contributed by atoms with Crippen molar-refractivity contribution in [3.05, 3.63) is 30.1 Å². The van der Waals surface area contributed by atoms with Crippen molar-refractivity contribution >= 4 is 5.91 Å². The quantitative estimate of drug-likeness (QED) is 0.836. The zero-order valence-electron chi connectivity index (χ0n) is 12.1. The topological polar surface area (TPSA) is 91.2 Å². The molecule has 0 aliphatic carbocycles. The van der Waals surface area contributed by atoms with E-state index in [1.807, 2.05) is 19.1 Å². The Morgan fingerprint density at radius 1 is 1.38 bits per heavy atom. The lowest BCUT2D eigenvalue weighted by molar-refractivity contribution is -0.122. The first-order valence-electron chi connectivity index (χ1n) is 6.36. The Hall–Kier alpha value is -2.64. The Bertz CT molecular complexity index is 600. The number of hydrogen-bond donors (Lipinski definition) is 1. The molecule has 1 N–H and O–H groups in total. The largest absolute Gasteiger partial charge is 0.497 e. The van der Waals surface area contributed by atoms with Crippen LogP contribution in [0.15, 0.2) is 24.5 Å². The lowest BCUT2D eigenvalue weighted by Gasteiger charge is -2.18. The first-order chi connectivity index (χ1) is 10.1. The van der Waals surface area contributed by atoms with Gasteiger partial charge in [-0.1, -0.05) is 0 Å². The van der Waals surface area contributed by atoms with Gasteiger partial charge in [-0.15, -0.1) is 5.10 Å². The second-order valence-corrected chi connectivity index (χ2v) is 4.40. The van der Waals surface area contributed by atoms with Crippen molar-refractivity contribution < 1.29 is 14.3 Å². The zero-order valence-corrected chi connectivity index (χ0v) is 12.1. The van der Waals surface area contributed by atoms with E-state index in [9.17, 15) is 4.79 Å². The summed E-state index contributed by atoms with van der Waals surface area (Å²) in [4.78, 5) is 11.9. The van der Waals surface area contributed by atoms with E-state index in [4.69, 9.17) is 9.47 Å². The summed E-state index contributed by atoms with van der Waals surface area (Å²) in [5.74, 6) is 1.17. The minimum atomic E-state index is -0.213. The van der Waals surface area contributed by atoms with Crippen LogP contribution in [0.4, 0.5) is 0 Å². The highest BCUT2D eigenvalue weighted by Gasteiger charge is 2.15. The number of amides is 1. The van der Waals surface area contributed by atoms with Gasteiger partial charge in [0.15, 0.2) is 0 Å². The number of nitrogens with zero attached hydrogens (tertiary/aromatic N) is 4. The Balaban J connectivity index is 2.05. The van der Waals surface area contributed by atoms with Crippen molar-refractivity contribution in [2.24, 2.45) is 0 Å². The highest BCUT2D eigenvalue weighted by molar-refractivity contribution is 5.76. The predicted molar refractivity (Wildman–Crippen MR) is 73.9 cm³/mol. The summed E-state index contributed by atoms with van der Waals surface area (Å²) in [6.45, 7) is 1.94. The van der Waals surface area contributed by atoms with Crippen molar-refractivity contribution in [2.75, 3.05) is 14.2 Å². The van der Waals surface area contributed by atoms with Gasteiger partial charge in [-0.05, 0) is 29.5 Å². The number of benzene rings is 1. The number of ether oxygens (including phenoxy) is 2. The molecule has 8 heteroatoms. The molecule has 0 fully saturated rings. The molecular formula is C13H17N5O3. The molecule has 1 aromatic heterocycles. The third-order valence-electron chi connectivity index (χ3n) is 2.98. The molecule has 1 aromatic carbocycles. The number of carbonyl (C=O) groups excluding carboxylic acids is 1. The summed E-state index contributed by atoms with van der Waals surface area (Å²) in [5, 5.41) is 13.5. The summed E-state index contributed by atoms with van der Waals surface area (Å²) in [5.41, 5.74) is 0.864. The fourth-order valence-electron chi connectivity index (χ4n) is 1.94. The van der Waals surface area contributed by atoms with Crippen molar-refractivity contribution in [2.45, 2.75) is 19.5 Å². The maximum Gasteiger partial charge on any atom is 0.242 e. The minimum Gasteiger partial charge on any atom is -0.497 e. The standard InChI is InChI=1S/C13H17N5O3/c1-9(15-13(19)7-18-8-14-16-17-18)11-5-4-10(20-2)6-12(11)21-3/h4-6,8-9H,7H2,1-3H3,(H,15,19). The van der Waals surface area contributed by atoms with Crippen LogP contribution >= 0.6 is 0 Å². The van der Waals surface area contributed by atoms with Gasteiger partial charge in [-0.2, -0.15) is 0 Å². The SMILES string of the molecule is COc1ccc(C(C)NC(=O)Cn2cnnn2)c(OC)c1. The van der Waals surface area contributed by atoms with Crippen LogP contribution in [0.3, 0.4) is 0 Å². The fraction of sp³-hybridized carbons (Fsp3) is 0.385. The number of hydrogen-bond acceptors (Lipinski definition) is 6. The number of tetrazole rings is 1. The van der Waals surface area contributed by atoms with Gasteiger partial charge in [-0.25, -0.2) is 4.68 Å². The smallest absolute Gasteiger partial charge is 0.242 e. The molecule has 0 saturated carbocycles. The molecular weight excluding hydrogens is 274 g/mol. The van der Waals surface area contributed by atoms with Gasteiger partial charge in [0.1, 0.15) is 24.4 Å². The second-order valence-electron chi connectivity index (χ2n) is 4.40. The Labute approximate surface area is 122 Å². The minimum absolute atomic E-state index is 0.0653. The Morgan fingerprint density at radius 3 is 2.81 bits per heavy atom. The first kappa shape index (κ1) is 14.8. The molecule has 21 heavy (non-hydrogen) atoms. The zero-order chi connectivity index (χ0) is 15.2. The van der Waals surface area contributed by atoms with Crippen LogP contribution in [0.2, 0.25) is 0 Å². The molecule has 0 spiro atoms. The van der Waals surface area contributed by atoms with Gasteiger partial charge < -0.3 is 14.8 Å². The molecule has 2 rings (SSSR count). The highest BCUT2D eigenvalue weighted by atomic mass is 16.5. The van der Waals surface area contributed by atoms with Crippen LogP contribution in [-0.4, -0.2) is 40.3 Å². The second kappa shape index (κ2) is 6.69. The molecule has 0 bridgehead atoms. The van der Waals surface area contributed by atoms with Crippen molar-refractivity contribution in [3.63, 3.8) is 0 Å². The molecule has 0 aliphatic rings. The van der Waals surface area contributed by atoms with E-state index in [0.29, 0.717) is 11.5 Å². The molecule has 1 heterocycles. The lowest BCUT2D eigenvalue weighted by atomic mass is 10.1. The number of nitrogens with one attached hydrogen (secondary N) is 1. The lowest BCUT2D eigenvalue weighted by Crippen LogP contribution is -2.30. The van der Waals surface area contributed by atoms with Gasteiger partial charge in [0, 0.05) is 11.6 Å². The van der Waals surface area contributed by atoms with E-state index in [1.54, 1.807) is 20.3 Å². The monoisotopic (exact) mass is 291 g/mol. The van der Waals surface area contributed by atoms with Crippen molar-refractivity contribution in [1.82, 2.24) is 25.5 Å². The number of carbonyl (C=O) groups is 1. The maximum atomic E-state index is 11.9. The van der Waals surface area contributed by atoms with E-state index in [2.05, 4.69) is 20.8 Å². The van der Waals surface area contributed by atoms with Crippen LogP contribution in [-0.2, 0) is 11.3 Å². The summed E-state index contributed by atoms with van der Waals surface area (Å²) in [6, 6.07) is 5.25. The molecule has 1 atom stereocenters. The molecule has 1 unspecified atom stereocenters. The van der Waals surface area contributed by atoms with Crippen LogP contribution < -0.4 is 14.8 Å². The maximum absolute atomic E-state index is 11.9. The molecule has 112 valence electrons. The summed E-state index contributed by atoms with van der Waals surface area (Å²) < 4.78 is 11.8. The van der Waals surface area contributed by atoms with Crippen LogP contribution in [0.5, 0.6) is 11.5 Å². The van der Waals surface area contributed by atoms with E-state index in [-0.39, 0.29) is 18.5 Å². The van der Waals surface area contributed by atoms with Crippen molar-refractivity contribution in [1.29, 1.82) is 0 Å². The average molecular weight is 291 g/mol. The van der Waals surface area contributed by atoms with Crippen LogP contribution in [0.25, 0.3) is 0 Å². The molecule has 2 aromatic rings. The summed E-state index contributed by atoms with van der Waals surface area (Å²) in [6.07, 6.45) is 1.39. The summed E-state index contributed by atoms with van der Waals surface area (Å²) >= 11 is 0. The molecule has 1 amide bonds. The van der Waals surface area contributed by atoms with Crippen LogP contribution in [0.1, 0.15) is 18.5 Å². The molecule has 0 aliphatic heterocycles. The molecule has 8 nitrogen and oxygen atoms in total. The third kappa shape index (κ3) is 3.68. The van der Waals surface area contributed by atoms with Crippen LogP contribution in [0, 0.1) is 0 Å². The molecule has 0 radical (unpaired) electrons. The third-order valence-corrected chi connectivity index (χ3v) is 2.98. The normalized spacial score (nSPS) is 11.8. The van der Waals surface area contributed by atoms with Gasteiger partial charge in [-0.3, -0.25) is 4.79 Å². The number of aromatic nitrogens is 4. The van der Waals surface area contributed by atoms with Gasteiger partial charge in [0.05, 0.1) is 20.3 Å². The first-order valence-corrected chi connectivity index (χ1v) is 6.36. The average Bonchev–Trinajstić information content (AvgIpc) is 2.99. The predicted octanol–water partition coefficient (Wildman–Crippen LogP) is 0.568. The number of methoxy groups -OCH3 is 2.